The van der Waals surface area contributed by atoms with Crippen molar-refractivity contribution in [3.05, 3.63) is 36.4 Å². The maximum absolute atomic E-state index is 11.7. The largest absolute Gasteiger partial charge is 0.371 e. The van der Waals surface area contributed by atoms with E-state index in [9.17, 15) is 4.79 Å². The summed E-state index contributed by atoms with van der Waals surface area (Å²) in [7, 11) is 1.71. The zero-order chi connectivity index (χ0) is 16.8. The van der Waals surface area contributed by atoms with Gasteiger partial charge in [0.2, 0.25) is 0 Å². The van der Waals surface area contributed by atoms with E-state index in [4.69, 9.17) is 17.4 Å². The number of nitrogens with zero attached hydrogens (tertiary/aromatic N) is 3. The zero-order valence-corrected chi connectivity index (χ0v) is 14.2. The number of carbonyl (C=O) groups excluding carboxylic acids is 1. The molecule has 1 fully saturated rings. The van der Waals surface area contributed by atoms with Gasteiger partial charge in [-0.15, -0.1) is 11.6 Å². The van der Waals surface area contributed by atoms with Crippen LogP contribution in [0.4, 0.5) is 5.69 Å². The van der Waals surface area contributed by atoms with E-state index in [1.165, 1.54) is 11.3 Å². The van der Waals surface area contributed by atoms with Crippen LogP contribution in [-0.2, 0) is 4.79 Å². The number of piperidine rings is 1. The smallest absolute Gasteiger partial charge is 0.150 e. The second-order valence-corrected chi connectivity index (χ2v) is 6.03. The van der Waals surface area contributed by atoms with Crippen LogP contribution in [0.25, 0.3) is 5.70 Å². The van der Waals surface area contributed by atoms with Crippen molar-refractivity contribution < 1.29 is 4.79 Å². The van der Waals surface area contributed by atoms with Gasteiger partial charge in [0.05, 0.1) is 11.6 Å². The molecule has 1 aliphatic heterocycles. The summed E-state index contributed by atoms with van der Waals surface area (Å²) in [6, 6.07) is 8.13. The highest BCUT2D eigenvalue weighted by Gasteiger charge is 2.24. The molecule has 0 atom stereocenters. The van der Waals surface area contributed by atoms with Crippen LogP contribution in [-0.4, -0.2) is 43.1 Å². The lowest BCUT2D eigenvalue weighted by atomic mass is 9.93. The van der Waals surface area contributed by atoms with Crippen LogP contribution in [0.1, 0.15) is 18.4 Å². The first-order valence-corrected chi connectivity index (χ1v) is 8.19. The topological polar surface area (TPSA) is 61.9 Å². The highest BCUT2D eigenvalue weighted by Crippen LogP contribution is 2.25. The first-order valence-electron chi connectivity index (χ1n) is 7.66. The second kappa shape index (κ2) is 8.13. The summed E-state index contributed by atoms with van der Waals surface area (Å²) in [6.45, 7) is 5.69. The number of anilines is 1. The third-order valence-electron chi connectivity index (χ3n) is 4.04. The minimum atomic E-state index is 0.116. The Kier molecular flexibility index (Phi) is 6.19. The van der Waals surface area contributed by atoms with Crippen molar-refractivity contribution in [1.82, 2.24) is 5.01 Å². The number of hydrogen-bond acceptors (Lipinski definition) is 4. The number of alkyl halides is 1. The Morgan fingerprint density at radius 2 is 2.04 bits per heavy atom. The van der Waals surface area contributed by atoms with Crippen LogP contribution in [0.15, 0.2) is 35.8 Å². The molecule has 0 amide bonds. The van der Waals surface area contributed by atoms with Gasteiger partial charge in [0, 0.05) is 31.7 Å². The number of hydrogen-bond donors (Lipinski definition) is 1. The number of aliphatic imine (C=N–C) groups is 1. The molecule has 0 bridgehead atoms. The van der Waals surface area contributed by atoms with E-state index in [1.54, 1.807) is 7.05 Å². The van der Waals surface area contributed by atoms with Crippen molar-refractivity contribution in [3.63, 3.8) is 0 Å². The van der Waals surface area contributed by atoms with Gasteiger partial charge in [-0.2, -0.15) is 0 Å². The van der Waals surface area contributed by atoms with Gasteiger partial charge >= 0.3 is 0 Å². The monoisotopic (exact) mass is 334 g/mol. The normalized spacial score (nSPS) is 15.9. The number of rotatable bonds is 6. The maximum Gasteiger partial charge on any atom is 0.150 e. The molecule has 6 heteroatoms. The molecule has 0 spiro atoms. The molecule has 2 N–H and O–H groups in total. The molecule has 1 saturated heterocycles. The van der Waals surface area contributed by atoms with Crippen LogP contribution in [0.2, 0.25) is 0 Å². The van der Waals surface area contributed by atoms with Gasteiger partial charge in [0.25, 0.3) is 0 Å². The lowest BCUT2D eigenvalue weighted by molar-refractivity contribution is -0.120. The van der Waals surface area contributed by atoms with E-state index >= 15 is 0 Å². The van der Waals surface area contributed by atoms with Crippen LogP contribution in [0.3, 0.4) is 0 Å². The third kappa shape index (κ3) is 4.81. The molecular formula is C17H23ClN4O. The average molecular weight is 335 g/mol. The Balaban J connectivity index is 1.96. The van der Waals surface area contributed by atoms with E-state index < -0.39 is 0 Å². The van der Waals surface area contributed by atoms with Crippen molar-refractivity contribution in [2.24, 2.45) is 16.8 Å². The fourth-order valence-electron chi connectivity index (χ4n) is 2.67. The van der Waals surface area contributed by atoms with Gasteiger partial charge in [-0.25, -0.2) is 10.8 Å². The summed E-state index contributed by atoms with van der Waals surface area (Å²) in [5, 5.41) is 1.38. The lowest BCUT2D eigenvalue weighted by Crippen LogP contribution is -2.36. The fraction of sp³-hybridized carbons (Fsp3) is 0.412. The van der Waals surface area contributed by atoms with Gasteiger partial charge in [0.1, 0.15) is 6.34 Å². The third-order valence-corrected chi connectivity index (χ3v) is 4.31. The van der Waals surface area contributed by atoms with Crippen LogP contribution >= 0.6 is 11.6 Å². The van der Waals surface area contributed by atoms with Crippen molar-refractivity contribution in [3.8, 4) is 0 Å². The number of halogens is 1. The van der Waals surface area contributed by atoms with E-state index in [2.05, 4.69) is 28.6 Å². The molecule has 1 aromatic rings. The quantitative estimate of drug-likeness (QED) is 0.285. The molecule has 0 aromatic heterocycles. The fourth-order valence-corrected chi connectivity index (χ4v) is 2.89. The number of hydrazine groups is 1. The van der Waals surface area contributed by atoms with Gasteiger partial charge in [-0.3, -0.25) is 4.79 Å². The molecule has 23 heavy (non-hydrogen) atoms. The molecule has 124 valence electrons. The van der Waals surface area contributed by atoms with Gasteiger partial charge < -0.3 is 9.91 Å². The Morgan fingerprint density at radius 1 is 1.43 bits per heavy atom. The molecule has 1 heterocycles. The molecule has 0 saturated carbocycles. The van der Waals surface area contributed by atoms with E-state index in [-0.39, 0.29) is 17.6 Å². The predicted octanol–water partition coefficient (Wildman–Crippen LogP) is 2.52. The van der Waals surface area contributed by atoms with Crippen molar-refractivity contribution in [2.45, 2.75) is 12.8 Å². The lowest BCUT2D eigenvalue weighted by Gasteiger charge is -2.32. The molecule has 5 nitrogen and oxygen atoms in total. The molecular weight excluding hydrogens is 312 g/mol. The number of benzene rings is 1. The minimum Gasteiger partial charge on any atom is -0.371 e. The number of Topliss-reactive ketones (excluding diaryl/α,β-unsaturated/α-hetero) is 1. The summed E-state index contributed by atoms with van der Waals surface area (Å²) in [5.41, 5.74) is 2.78. The molecule has 1 aromatic carbocycles. The van der Waals surface area contributed by atoms with Crippen molar-refractivity contribution >= 4 is 35.1 Å². The van der Waals surface area contributed by atoms with Gasteiger partial charge in [0.15, 0.2) is 5.78 Å². The highest BCUT2D eigenvalue weighted by atomic mass is 35.5. The first-order chi connectivity index (χ1) is 11.0. The summed E-state index contributed by atoms with van der Waals surface area (Å²) < 4.78 is 0. The predicted molar refractivity (Wildman–Crippen MR) is 96.6 cm³/mol. The Morgan fingerprint density at radius 3 is 2.57 bits per heavy atom. The molecule has 0 aliphatic carbocycles. The zero-order valence-electron chi connectivity index (χ0n) is 13.4. The Hall–Kier alpha value is -1.85. The summed E-state index contributed by atoms with van der Waals surface area (Å²) in [6.07, 6.45) is 3.26. The maximum atomic E-state index is 11.7. The van der Waals surface area contributed by atoms with Crippen molar-refractivity contribution in [2.75, 3.05) is 30.9 Å². The number of nitrogens with two attached hydrogens (primary N) is 1. The molecule has 1 aliphatic rings. The van der Waals surface area contributed by atoms with E-state index in [1.807, 2.05) is 12.1 Å². The molecule has 2 rings (SSSR count). The summed E-state index contributed by atoms with van der Waals surface area (Å²) >= 11 is 5.64. The van der Waals surface area contributed by atoms with Crippen LogP contribution in [0, 0.1) is 5.92 Å². The number of carbonyl (C=O) groups is 1. The van der Waals surface area contributed by atoms with Gasteiger partial charge in [-0.1, -0.05) is 18.7 Å². The second-order valence-electron chi connectivity index (χ2n) is 5.76. The van der Waals surface area contributed by atoms with Crippen LogP contribution < -0.4 is 10.7 Å². The number of ketones is 1. The van der Waals surface area contributed by atoms with Crippen LogP contribution in [0.5, 0.6) is 0 Å². The standard InChI is InChI=1S/C17H23ClN4O/c1-13(20-12-21(2)19)14-3-5-16(6-4-14)22-9-7-15(8-10-22)17(23)11-18/h3-6,12,15H,1,7-11,19H2,2H3/b20-12-. The van der Waals surface area contributed by atoms with Gasteiger partial charge in [-0.05, 0) is 30.5 Å². The minimum absolute atomic E-state index is 0.116. The molecule has 0 unspecified atom stereocenters. The molecule has 0 radical (unpaired) electrons. The Labute approximate surface area is 142 Å². The Bertz CT molecular complexity index is 575. The summed E-state index contributed by atoms with van der Waals surface area (Å²) in [4.78, 5) is 18.1. The summed E-state index contributed by atoms with van der Waals surface area (Å²) in [5.74, 6) is 5.90. The van der Waals surface area contributed by atoms with Crippen molar-refractivity contribution in [1.29, 1.82) is 0 Å². The SMILES string of the molecule is C=C(/N=C\N(C)N)c1ccc(N2CCC(C(=O)CCl)CC2)cc1. The highest BCUT2D eigenvalue weighted by molar-refractivity contribution is 6.27. The van der Waals surface area contributed by atoms with E-state index in [0.717, 1.165) is 37.2 Å². The average Bonchev–Trinajstić information content (AvgIpc) is 2.59. The first kappa shape index (κ1) is 17.5. The van der Waals surface area contributed by atoms with E-state index in [0.29, 0.717) is 5.70 Å².